The second kappa shape index (κ2) is 7.80. The van der Waals surface area contributed by atoms with E-state index in [1.165, 1.54) is 18.7 Å². The number of oxazole rings is 1. The predicted octanol–water partition coefficient (Wildman–Crippen LogP) is 3.44. The van der Waals surface area contributed by atoms with Crippen molar-refractivity contribution < 1.29 is 13.6 Å². The van der Waals surface area contributed by atoms with E-state index >= 15 is 0 Å². The lowest BCUT2D eigenvalue weighted by Crippen LogP contribution is -2.53. The number of nitrogens with zero attached hydrogens (tertiary/aromatic N) is 1. The van der Waals surface area contributed by atoms with Gasteiger partial charge in [0.25, 0.3) is 0 Å². The van der Waals surface area contributed by atoms with Gasteiger partial charge in [-0.15, -0.1) is 0 Å². The van der Waals surface area contributed by atoms with Crippen LogP contribution in [-0.2, 0) is 11.2 Å². The lowest BCUT2D eigenvalue weighted by atomic mass is 9.67. The standard InChI is InChI=1S/C21H26FN3O2/c22-17-7-2-1-6-16(17)18-12-24-20(27-18)9-8-19(26)25-21-13-4-3-5-14(21)11-15(23)10-13/h1-2,6-7,12-15,21H,3-5,8-11,23H2,(H,25,26). The number of aromatic nitrogens is 1. The van der Waals surface area contributed by atoms with E-state index in [9.17, 15) is 9.18 Å². The maximum atomic E-state index is 13.8. The van der Waals surface area contributed by atoms with Crippen molar-refractivity contribution in [1.82, 2.24) is 10.3 Å². The first-order valence-corrected chi connectivity index (χ1v) is 9.84. The maximum Gasteiger partial charge on any atom is 0.220 e. The molecule has 1 aromatic carbocycles. The van der Waals surface area contributed by atoms with Crippen molar-refractivity contribution in [3.63, 3.8) is 0 Å². The van der Waals surface area contributed by atoms with E-state index in [-0.39, 0.29) is 23.8 Å². The summed E-state index contributed by atoms with van der Waals surface area (Å²) in [5.41, 5.74) is 6.54. The minimum atomic E-state index is -0.347. The second-order valence-electron chi connectivity index (χ2n) is 7.87. The molecule has 2 atom stereocenters. The van der Waals surface area contributed by atoms with Gasteiger partial charge in [0.1, 0.15) is 5.82 Å². The van der Waals surface area contributed by atoms with Gasteiger partial charge in [0.15, 0.2) is 11.7 Å². The minimum Gasteiger partial charge on any atom is -0.441 e. The van der Waals surface area contributed by atoms with Crippen LogP contribution in [-0.4, -0.2) is 23.0 Å². The summed E-state index contributed by atoms with van der Waals surface area (Å²) < 4.78 is 19.5. The molecule has 6 heteroatoms. The van der Waals surface area contributed by atoms with Gasteiger partial charge in [0, 0.05) is 24.9 Å². The fraction of sp³-hybridized carbons (Fsp3) is 0.524. The molecule has 2 bridgehead atoms. The summed E-state index contributed by atoms with van der Waals surface area (Å²) in [7, 11) is 0. The lowest BCUT2D eigenvalue weighted by molar-refractivity contribution is -0.123. The van der Waals surface area contributed by atoms with Crippen molar-refractivity contribution in [2.75, 3.05) is 0 Å². The molecule has 0 saturated heterocycles. The van der Waals surface area contributed by atoms with Gasteiger partial charge in [-0.05, 0) is 49.7 Å². The number of halogens is 1. The molecule has 2 saturated carbocycles. The van der Waals surface area contributed by atoms with E-state index in [0.717, 1.165) is 25.7 Å². The molecule has 2 aromatic rings. The molecule has 0 radical (unpaired) electrons. The Morgan fingerprint density at radius 3 is 2.74 bits per heavy atom. The van der Waals surface area contributed by atoms with Gasteiger partial charge in [-0.1, -0.05) is 18.6 Å². The number of hydrogen-bond acceptors (Lipinski definition) is 4. The van der Waals surface area contributed by atoms with Crippen LogP contribution in [0.3, 0.4) is 0 Å². The number of carbonyl (C=O) groups is 1. The van der Waals surface area contributed by atoms with Crippen LogP contribution in [0.15, 0.2) is 34.9 Å². The molecule has 0 spiro atoms. The number of aryl methyl sites for hydroxylation is 1. The molecule has 27 heavy (non-hydrogen) atoms. The van der Waals surface area contributed by atoms with Crippen molar-refractivity contribution in [2.45, 2.75) is 57.0 Å². The summed E-state index contributed by atoms with van der Waals surface area (Å²) in [4.78, 5) is 16.6. The Balaban J connectivity index is 1.33. The van der Waals surface area contributed by atoms with Crippen LogP contribution in [0, 0.1) is 17.7 Å². The monoisotopic (exact) mass is 371 g/mol. The van der Waals surface area contributed by atoms with E-state index < -0.39 is 0 Å². The first-order valence-electron chi connectivity index (χ1n) is 9.84. The van der Waals surface area contributed by atoms with Crippen LogP contribution in [0.1, 0.15) is 44.4 Å². The average Bonchev–Trinajstić information content (AvgIpc) is 3.10. The Morgan fingerprint density at radius 2 is 2.00 bits per heavy atom. The quantitative estimate of drug-likeness (QED) is 0.844. The molecule has 2 unspecified atom stereocenters. The number of nitrogens with two attached hydrogens (primary N) is 1. The van der Waals surface area contributed by atoms with E-state index in [1.807, 2.05) is 0 Å². The van der Waals surface area contributed by atoms with Crippen molar-refractivity contribution in [3.8, 4) is 11.3 Å². The summed E-state index contributed by atoms with van der Waals surface area (Å²) in [5.74, 6) is 1.53. The SMILES string of the molecule is NC1CC2CCCC(C1)C2NC(=O)CCc1ncc(-c2ccccc2F)o1. The van der Waals surface area contributed by atoms with Crippen LogP contribution in [0.25, 0.3) is 11.3 Å². The molecule has 1 aromatic heterocycles. The topological polar surface area (TPSA) is 81.1 Å². The summed E-state index contributed by atoms with van der Waals surface area (Å²) >= 11 is 0. The third kappa shape index (κ3) is 4.05. The Morgan fingerprint density at radius 1 is 1.26 bits per heavy atom. The highest BCUT2D eigenvalue weighted by atomic mass is 19.1. The lowest BCUT2D eigenvalue weighted by Gasteiger charge is -2.45. The Kier molecular flexibility index (Phi) is 5.25. The fourth-order valence-corrected chi connectivity index (χ4v) is 4.71. The maximum absolute atomic E-state index is 13.8. The number of nitrogens with one attached hydrogen (secondary N) is 1. The average molecular weight is 371 g/mol. The summed E-state index contributed by atoms with van der Waals surface area (Å²) in [6, 6.07) is 6.95. The zero-order valence-corrected chi connectivity index (χ0v) is 15.4. The highest BCUT2D eigenvalue weighted by molar-refractivity contribution is 5.76. The molecule has 4 rings (SSSR count). The molecule has 0 aliphatic heterocycles. The Bertz CT molecular complexity index is 792. The molecular weight excluding hydrogens is 345 g/mol. The van der Waals surface area contributed by atoms with Crippen LogP contribution in [0.4, 0.5) is 4.39 Å². The van der Waals surface area contributed by atoms with E-state index in [1.54, 1.807) is 18.2 Å². The number of carbonyl (C=O) groups excluding carboxylic acids is 1. The first kappa shape index (κ1) is 18.2. The third-order valence-corrected chi connectivity index (χ3v) is 5.96. The van der Waals surface area contributed by atoms with Crippen LogP contribution in [0.2, 0.25) is 0 Å². The van der Waals surface area contributed by atoms with Gasteiger partial charge in [-0.3, -0.25) is 4.79 Å². The molecule has 1 amide bonds. The highest BCUT2D eigenvalue weighted by Gasteiger charge is 2.39. The van der Waals surface area contributed by atoms with Crippen molar-refractivity contribution in [3.05, 3.63) is 42.2 Å². The van der Waals surface area contributed by atoms with Gasteiger partial charge >= 0.3 is 0 Å². The minimum absolute atomic E-state index is 0.0259. The normalized spacial score (nSPS) is 27.3. The highest BCUT2D eigenvalue weighted by Crippen LogP contribution is 2.39. The molecule has 2 fully saturated rings. The van der Waals surface area contributed by atoms with Gasteiger partial charge in [-0.25, -0.2) is 9.37 Å². The Labute approximate surface area is 158 Å². The van der Waals surface area contributed by atoms with Gasteiger partial charge in [0.2, 0.25) is 5.91 Å². The number of hydrogen-bond donors (Lipinski definition) is 2. The van der Waals surface area contributed by atoms with Gasteiger partial charge in [-0.2, -0.15) is 0 Å². The second-order valence-corrected chi connectivity index (χ2v) is 7.87. The molecule has 1 heterocycles. The van der Waals surface area contributed by atoms with Gasteiger partial charge in [0.05, 0.1) is 11.8 Å². The molecule has 5 nitrogen and oxygen atoms in total. The third-order valence-electron chi connectivity index (χ3n) is 5.96. The molecule has 144 valence electrons. The van der Waals surface area contributed by atoms with E-state index in [2.05, 4.69) is 10.3 Å². The Hall–Kier alpha value is -2.21. The van der Waals surface area contributed by atoms with E-state index in [0.29, 0.717) is 41.9 Å². The van der Waals surface area contributed by atoms with Gasteiger partial charge < -0.3 is 15.5 Å². The summed E-state index contributed by atoms with van der Waals surface area (Å²) in [6.45, 7) is 0. The predicted molar refractivity (Wildman–Crippen MR) is 100 cm³/mol. The van der Waals surface area contributed by atoms with Crippen molar-refractivity contribution in [2.24, 2.45) is 17.6 Å². The fourth-order valence-electron chi connectivity index (χ4n) is 4.71. The molecule has 3 N–H and O–H groups in total. The zero-order valence-electron chi connectivity index (χ0n) is 15.4. The molecular formula is C21H26FN3O2. The molecule has 2 aliphatic rings. The van der Waals surface area contributed by atoms with Crippen molar-refractivity contribution in [1.29, 1.82) is 0 Å². The number of fused-ring (bicyclic) bond motifs is 2. The van der Waals surface area contributed by atoms with Crippen LogP contribution < -0.4 is 11.1 Å². The van der Waals surface area contributed by atoms with Crippen molar-refractivity contribution >= 4 is 5.91 Å². The number of amides is 1. The van der Waals surface area contributed by atoms with E-state index in [4.69, 9.17) is 10.2 Å². The zero-order chi connectivity index (χ0) is 18.8. The number of rotatable bonds is 5. The molecule has 2 aliphatic carbocycles. The first-order chi connectivity index (χ1) is 13.1. The summed E-state index contributed by atoms with van der Waals surface area (Å²) in [6.07, 6.45) is 7.80. The largest absolute Gasteiger partial charge is 0.441 e. The van der Waals surface area contributed by atoms with Crippen LogP contribution in [0.5, 0.6) is 0 Å². The smallest absolute Gasteiger partial charge is 0.220 e. The van der Waals surface area contributed by atoms with Crippen LogP contribution >= 0.6 is 0 Å². The number of benzene rings is 1. The summed E-state index contributed by atoms with van der Waals surface area (Å²) in [5, 5.41) is 3.24.